The Morgan fingerprint density at radius 3 is 2.79 bits per heavy atom. The molecule has 1 aliphatic rings. The fourth-order valence-corrected chi connectivity index (χ4v) is 3.28. The molecule has 1 amide bonds. The molecule has 1 N–H and O–H groups in total. The Labute approximate surface area is 145 Å². The lowest BCUT2D eigenvalue weighted by Crippen LogP contribution is -2.43. The number of rotatable bonds is 5. The lowest BCUT2D eigenvalue weighted by molar-refractivity contribution is -0.137. The van der Waals surface area contributed by atoms with E-state index in [1.165, 1.54) is 12.1 Å². The molecule has 1 unspecified atom stereocenters. The quantitative estimate of drug-likeness (QED) is 0.803. The molecule has 1 aliphatic heterocycles. The highest BCUT2D eigenvalue weighted by Gasteiger charge is 2.33. The molecule has 1 fully saturated rings. The van der Waals surface area contributed by atoms with Gasteiger partial charge in [0.15, 0.2) is 0 Å². The Bertz CT molecular complexity index is 577. The molecule has 24 heavy (non-hydrogen) atoms. The Balaban J connectivity index is 1.95. The highest BCUT2D eigenvalue weighted by molar-refractivity contribution is 6.30. The summed E-state index contributed by atoms with van der Waals surface area (Å²) < 4.78 is 39.1. The molecule has 1 saturated heterocycles. The number of hydrogen-bond acceptors (Lipinski definition) is 2. The molecule has 0 aliphatic carbocycles. The van der Waals surface area contributed by atoms with Crippen LogP contribution in [0.1, 0.15) is 44.6 Å². The maximum absolute atomic E-state index is 13.0. The summed E-state index contributed by atoms with van der Waals surface area (Å²) in [6.07, 6.45) is -0.279. The van der Waals surface area contributed by atoms with E-state index in [-0.39, 0.29) is 35.6 Å². The third-order valence-electron chi connectivity index (χ3n) is 4.36. The number of carbonyl (C=O) groups excluding carboxylic acids is 1. The lowest BCUT2D eigenvalue weighted by Gasteiger charge is -2.35. The van der Waals surface area contributed by atoms with Crippen LogP contribution in [0.4, 0.5) is 18.9 Å². The van der Waals surface area contributed by atoms with Crippen LogP contribution >= 0.6 is 11.6 Å². The third-order valence-corrected chi connectivity index (χ3v) is 4.60. The van der Waals surface area contributed by atoms with Gasteiger partial charge in [-0.05, 0) is 43.9 Å². The van der Waals surface area contributed by atoms with Crippen molar-refractivity contribution in [1.29, 1.82) is 0 Å². The Hall–Kier alpha value is -1.43. The van der Waals surface area contributed by atoms with E-state index in [0.29, 0.717) is 0 Å². The predicted molar refractivity (Wildman–Crippen MR) is 89.2 cm³/mol. The van der Waals surface area contributed by atoms with E-state index >= 15 is 0 Å². The van der Waals surface area contributed by atoms with Gasteiger partial charge in [0.2, 0.25) is 5.91 Å². The van der Waals surface area contributed by atoms with Crippen molar-refractivity contribution in [2.75, 3.05) is 18.4 Å². The Morgan fingerprint density at radius 2 is 2.12 bits per heavy atom. The number of anilines is 1. The van der Waals surface area contributed by atoms with E-state index in [2.05, 4.69) is 12.2 Å². The van der Waals surface area contributed by atoms with Gasteiger partial charge >= 0.3 is 6.18 Å². The maximum Gasteiger partial charge on any atom is 0.418 e. The zero-order valence-electron chi connectivity index (χ0n) is 13.6. The number of hydrogen-bond donors (Lipinski definition) is 1. The Kier molecular flexibility index (Phi) is 6.38. The van der Waals surface area contributed by atoms with Gasteiger partial charge in [-0.2, -0.15) is 13.2 Å². The van der Waals surface area contributed by atoms with Gasteiger partial charge in [-0.1, -0.05) is 18.5 Å². The second kappa shape index (κ2) is 8.10. The zero-order chi connectivity index (χ0) is 17.7. The van der Waals surface area contributed by atoms with E-state index in [1.54, 1.807) is 0 Å². The molecule has 7 heteroatoms. The largest absolute Gasteiger partial charge is 0.418 e. The number of nitrogens with zero attached hydrogens (tertiary/aromatic N) is 1. The van der Waals surface area contributed by atoms with Crippen molar-refractivity contribution in [1.82, 2.24) is 4.90 Å². The fraction of sp³-hybridized carbons (Fsp3) is 0.588. The van der Waals surface area contributed by atoms with Crippen molar-refractivity contribution in [2.24, 2.45) is 0 Å². The predicted octanol–water partition coefficient (Wildman–Crippen LogP) is 4.95. The van der Waals surface area contributed by atoms with Gasteiger partial charge in [-0.15, -0.1) is 0 Å². The number of halogens is 4. The molecule has 1 heterocycles. The second-order valence-corrected chi connectivity index (χ2v) is 6.45. The normalized spacial score (nSPS) is 18.5. The second-order valence-electron chi connectivity index (χ2n) is 6.01. The number of alkyl halides is 3. The minimum Gasteiger partial charge on any atom is -0.384 e. The van der Waals surface area contributed by atoms with Crippen LogP contribution in [0.5, 0.6) is 0 Å². The molecule has 0 radical (unpaired) electrons. The summed E-state index contributed by atoms with van der Waals surface area (Å²) in [5.74, 6) is -0.00317. The lowest BCUT2D eigenvalue weighted by atomic mass is 9.99. The summed E-state index contributed by atoms with van der Waals surface area (Å²) in [6.45, 7) is 2.96. The van der Waals surface area contributed by atoms with Crippen molar-refractivity contribution >= 4 is 23.2 Å². The highest BCUT2D eigenvalue weighted by Crippen LogP contribution is 2.36. The Morgan fingerprint density at radius 1 is 1.38 bits per heavy atom. The van der Waals surface area contributed by atoms with E-state index in [0.717, 1.165) is 38.3 Å². The summed E-state index contributed by atoms with van der Waals surface area (Å²) in [5, 5.41) is 2.75. The molecular weight excluding hydrogens is 341 g/mol. The molecule has 0 spiro atoms. The summed E-state index contributed by atoms with van der Waals surface area (Å²) in [6, 6.07) is 3.85. The molecule has 0 bridgehead atoms. The van der Waals surface area contributed by atoms with Gasteiger partial charge in [0, 0.05) is 36.3 Å². The van der Waals surface area contributed by atoms with Crippen LogP contribution in [-0.4, -0.2) is 29.9 Å². The number of likely N-dealkylation sites (tertiary alicyclic amines) is 1. The van der Waals surface area contributed by atoms with Crippen LogP contribution < -0.4 is 5.32 Å². The van der Waals surface area contributed by atoms with E-state index < -0.39 is 11.7 Å². The molecular formula is C17H22ClF3N2O. The average Bonchev–Trinajstić information content (AvgIpc) is 2.55. The van der Waals surface area contributed by atoms with Gasteiger partial charge in [-0.25, -0.2) is 0 Å². The zero-order valence-corrected chi connectivity index (χ0v) is 14.4. The first-order chi connectivity index (χ1) is 11.3. The van der Waals surface area contributed by atoms with Crippen molar-refractivity contribution in [2.45, 2.75) is 51.2 Å². The van der Waals surface area contributed by atoms with Crippen molar-refractivity contribution < 1.29 is 18.0 Å². The smallest absolute Gasteiger partial charge is 0.384 e. The average molecular weight is 363 g/mol. The SMILES string of the molecule is CCC1CCCCN1C(=O)CCNc1ccc(Cl)cc1C(F)(F)F. The van der Waals surface area contributed by atoms with Crippen LogP contribution in [0, 0.1) is 0 Å². The van der Waals surface area contributed by atoms with Gasteiger partial charge < -0.3 is 10.2 Å². The first-order valence-electron chi connectivity index (χ1n) is 8.23. The molecule has 1 aromatic carbocycles. The highest BCUT2D eigenvalue weighted by atomic mass is 35.5. The monoisotopic (exact) mass is 362 g/mol. The van der Waals surface area contributed by atoms with Crippen LogP contribution in [-0.2, 0) is 11.0 Å². The van der Waals surface area contributed by atoms with Crippen molar-refractivity contribution in [3.63, 3.8) is 0 Å². The molecule has 2 rings (SSSR count). The van der Waals surface area contributed by atoms with Crippen LogP contribution in [0.25, 0.3) is 0 Å². The van der Waals surface area contributed by atoms with E-state index in [1.807, 2.05) is 4.90 Å². The van der Waals surface area contributed by atoms with Gasteiger partial charge in [0.25, 0.3) is 0 Å². The minimum atomic E-state index is -4.49. The van der Waals surface area contributed by atoms with E-state index in [9.17, 15) is 18.0 Å². The maximum atomic E-state index is 13.0. The number of amides is 1. The van der Waals surface area contributed by atoms with Crippen LogP contribution in [0.15, 0.2) is 18.2 Å². The topological polar surface area (TPSA) is 32.3 Å². The number of benzene rings is 1. The van der Waals surface area contributed by atoms with Crippen molar-refractivity contribution in [3.8, 4) is 0 Å². The summed E-state index contributed by atoms with van der Waals surface area (Å²) in [7, 11) is 0. The molecule has 3 nitrogen and oxygen atoms in total. The number of piperidine rings is 1. The summed E-state index contributed by atoms with van der Waals surface area (Å²) in [4.78, 5) is 14.2. The van der Waals surface area contributed by atoms with Gasteiger partial charge in [-0.3, -0.25) is 4.79 Å². The summed E-state index contributed by atoms with van der Waals surface area (Å²) in [5.41, 5.74) is -0.864. The minimum absolute atomic E-state index is 0.00317. The third kappa shape index (κ3) is 4.79. The number of carbonyl (C=O) groups is 1. The fourth-order valence-electron chi connectivity index (χ4n) is 3.11. The summed E-state index contributed by atoms with van der Waals surface area (Å²) >= 11 is 5.65. The molecule has 0 aromatic heterocycles. The van der Waals surface area contributed by atoms with E-state index in [4.69, 9.17) is 11.6 Å². The van der Waals surface area contributed by atoms with Crippen LogP contribution in [0.2, 0.25) is 5.02 Å². The number of nitrogens with one attached hydrogen (secondary N) is 1. The first-order valence-corrected chi connectivity index (χ1v) is 8.60. The molecule has 1 atom stereocenters. The van der Waals surface area contributed by atoms with Gasteiger partial charge in [0.05, 0.1) is 5.56 Å². The van der Waals surface area contributed by atoms with Crippen LogP contribution in [0.3, 0.4) is 0 Å². The molecule has 0 saturated carbocycles. The first kappa shape index (κ1) is 18.9. The molecule has 134 valence electrons. The van der Waals surface area contributed by atoms with Gasteiger partial charge in [0.1, 0.15) is 0 Å². The standard InChI is InChI=1S/C17H22ClF3N2O/c1-2-13-5-3-4-10-23(13)16(24)8-9-22-15-7-6-12(18)11-14(15)17(19,20)21/h6-7,11,13,22H,2-5,8-10H2,1H3. The molecule has 1 aromatic rings. The van der Waals surface area contributed by atoms with Crippen molar-refractivity contribution in [3.05, 3.63) is 28.8 Å².